The Kier molecular flexibility index (Phi) is 3.99. The summed E-state index contributed by atoms with van der Waals surface area (Å²) < 4.78 is 31.5. The molecule has 0 radical (unpaired) electrons. The van der Waals surface area contributed by atoms with Crippen LogP contribution < -0.4 is 4.74 Å². The molecule has 0 aliphatic heterocycles. The van der Waals surface area contributed by atoms with Crippen molar-refractivity contribution in [1.29, 1.82) is 0 Å². The molecule has 0 atom stereocenters. The Balaban J connectivity index is 3.09. The van der Waals surface area contributed by atoms with E-state index in [1.807, 2.05) is 13.8 Å². The van der Waals surface area contributed by atoms with E-state index in [-0.39, 0.29) is 23.8 Å². The van der Waals surface area contributed by atoms with Gasteiger partial charge in [-0.15, -0.1) is 0 Å². The number of ketones is 1. The van der Waals surface area contributed by atoms with E-state index in [4.69, 9.17) is 4.74 Å². The van der Waals surface area contributed by atoms with Gasteiger partial charge in [0.2, 0.25) is 0 Å². The quantitative estimate of drug-likeness (QED) is 0.740. The van der Waals surface area contributed by atoms with E-state index in [0.717, 1.165) is 6.07 Å². The van der Waals surface area contributed by atoms with Crippen LogP contribution in [0.1, 0.15) is 31.1 Å². The molecule has 2 nitrogen and oxygen atoms in total. The Morgan fingerprint density at radius 2 is 2.00 bits per heavy atom. The summed E-state index contributed by atoms with van der Waals surface area (Å²) in [7, 11) is 0. The molecule has 0 fully saturated rings. The van der Waals surface area contributed by atoms with Gasteiger partial charge in [0, 0.05) is 6.07 Å². The number of carbonyl (C=O) groups excluding carboxylic acids is 1. The zero-order valence-corrected chi connectivity index (χ0v) is 9.51. The molecule has 0 amide bonds. The molecule has 1 aromatic carbocycles. The van der Waals surface area contributed by atoms with Crippen molar-refractivity contribution in [2.45, 2.75) is 20.8 Å². The number of rotatable bonds is 4. The lowest BCUT2D eigenvalue weighted by Crippen LogP contribution is -2.09. The van der Waals surface area contributed by atoms with Crippen LogP contribution in [0, 0.1) is 17.6 Å². The SMILES string of the molecule is CC(=O)c1cc(F)cc(F)c1OCC(C)C. The van der Waals surface area contributed by atoms with Crippen LogP contribution in [0.15, 0.2) is 12.1 Å². The summed E-state index contributed by atoms with van der Waals surface area (Å²) in [5.41, 5.74) is -0.0573. The molecule has 4 heteroatoms. The summed E-state index contributed by atoms with van der Waals surface area (Å²) in [6, 6.07) is 1.70. The lowest BCUT2D eigenvalue weighted by atomic mass is 10.1. The van der Waals surface area contributed by atoms with Crippen LogP contribution in [0.4, 0.5) is 8.78 Å². The highest BCUT2D eigenvalue weighted by molar-refractivity contribution is 5.96. The Morgan fingerprint density at radius 3 is 2.50 bits per heavy atom. The fraction of sp³-hybridized carbons (Fsp3) is 0.417. The van der Waals surface area contributed by atoms with Crippen molar-refractivity contribution >= 4 is 5.78 Å². The number of carbonyl (C=O) groups is 1. The number of benzene rings is 1. The van der Waals surface area contributed by atoms with Crippen molar-refractivity contribution < 1.29 is 18.3 Å². The molecule has 0 bridgehead atoms. The van der Waals surface area contributed by atoms with Gasteiger partial charge in [0.15, 0.2) is 17.3 Å². The molecule has 0 saturated heterocycles. The molecule has 16 heavy (non-hydrogen) atoms. The lowest BCUT2D eigenvalue weighted by molar-refractivity contribution is 0.101. The second-order valence-corrected chi connectivity index (χ2v) is 4.03. The van der Waals surface area contributed by atoms with Crippen molar-refractivity contribution in [1.82, 2.24) is 0 Å². The van der Waals surface area contributed by atoms with Crippen molar-refractivity contribution in [2.75, 3.05) is 6.61 Å². The predicted octanol–water partition coefficient (Wildman–Crippen LogP) is 3.20. The normalized spacial score (nSPS) is 10.6. The molecule has 1 aromatic rings. The first-order valence-corrected chi connectivity index (χ1v) is 5.04. The van der Waals surface area contributed by atoms with E-state index in [1.165, 1.54) is 6.92 Å². The topological polar surface area (TPSA) is 26.3 Å². The molecule has 0 saturated carbocycles. The van der Waals surface area contributed by atoms with Gasteiger partial charge in [0.25, 0.3) is 0 Å². The third kappa shape index (κ3) is 3.02. The molecule has 0 unspecified atom stereocenters. The molecular formula is C12H14F2O2. The fourth-order valence-electron chi connectivity index (χ4n) is 1.22. The van der Waals surface area contributed by atoms with Crippen molar-refractivity contribution in [3.63, 3.8) is 0 Å². The third-order valence-corrected chi connectivity index (χ3v) is 1.95. The third-order valence-electron chi connectivity index (χ3n) is 1.95. The number of hydrogen-bond donors (Lipinski definition) is 0. The molecule has 0 N–H and O–H groups in total. The highest BCUT2D eigenvalue weighted by Crippen LogP contribution is 2.25. The highest BCUT2D eigenvalue weighted by atomic mass is 19.1. The molecule has 0 aromatic heterocycles. The van der Waals surface area contributed by atoms with Crippen LogP contribution in [0.2, 0.25) is 0 Å². The first-order valence-electron chi connectivity index (χ1n) is 5.04. The van der Waals surface area contributed by atoms with Gasteiger partial charge in [0.05, 0.1) is 12.2 Å². The summed E-state index contributed by atoms with van der Waals surface area (Å²) in [6.45, 7) is 5.32. The van der Waals surface area contributed by atoms with Crippen LogP contribution >= 0.6 is 0 Å². The monoisotopic (exact) mass is 228 g/mol. The second-order valence-electron chi connectivity index (χ2n) is 4.03. The van der Waals surface area contributed by atoms with Gasteiger partial charge in [-0.2, -0.15) is 0 Å². The van der Waals surface area contributed by atoms with Crippen LogP contribution in [-0.4, -0.2) is 12.4 Å². The largest absolute Gasteiger partial charge is 0.489 e. The minimum Gasteiger partial charge on any atom is -0.489 e. The maximum absolute atomic E-state index is 13.4. The van der Waals surface area contributed by atoms with Crippen LogP contribution in [0.3, 0.4) is 0 Å². The van der Waals surface area contributed by atoms with Gasteiger partial charge in [-0.3, -0.25) is 4.79 Å². The summed E-state index contributed by atoms with van der Waals surface area (Å²) in [4.78, 5) is 11.2. The van der Waals surface area contributed by atoms with Gasteiger partial charge in [-0.05, 0) is 18.9 Å². The van der Waals surface area contributed by atoms with Crippen LogP contribution in [0.5, 0.6) is 5.75 Å². The predicted molar refractivity (Wildman–Crippen MR) is 56.7 cm³/mol. The van der Waals surface area contributed by atoms with Crippen LogP contribution in [0.25, 0.3) is 0 Å². The molecule has 0 spiro atoms. The van der Waals surface area contributed by atoms with Gasteiger partial charge >= 0.3 is 0 Å². The minimum atomic E-state index is -0.842. The summed E-state index contributed by atoms with van der Waals surface area (Å²) in [6.07, 6.45) is 0. The van der Waals surface area contributed by atoms with E-state index < -0.39 is 17.4 Å². The Morgan fingerprint density at radius 1 is 1.38 bits per heavy atom. The smallest absolute Gasteiger partial charge is 0.168 e. The second kappa shape index (κ2) is 5.05. The lowest BCUT2D eigenvalue weighted by Gasteiger charge is -2.12. The number of halogens is 2. The fourth-order valence-corrected chi connectivity index (χ4v) is 1.22. The zero-order chi connectivity index (χ0) is 12.3. The summed E-state index contributed by atoms with van der Waals surface area (Å²) >= 11 is 0. The van der Waals surface area contributed by atoms with E-state index in [0.29, 0.717) is 6.07 Å². The van der Waals surface area contributed by atoms with Crippen molar-refractivity contribution in [3.05, 3.63) is 29.3 Å². The summed E-state index contributed by atoms with van der Waals surface area (Å²) in [5, 5.41) is 0. The Labute approximate surface area is 93.2 Å². The Hall–Kier alpha value is -1.45. The van der Waals surface area contributed by atoms with Gasteiger partial charge in [-0.1, -0.05) is 13.8 Å². The molecule has 0 aliphatic carbocycles. The van der Waals surface area contributed by atoms with E-state index >= 15 is 0 Å². The molecular weight excluding hydrogens is 214 g/mol. The maximum atomic E-state index is 13.4. The molecule has 88 valence electrons. The van der Waals surface area contributed by atoms with Crippen molar-refractivity contribution in [3.8, 4) is 5.75 Å². The summed E-state index contributed by atoms with van der Waals surface area (Å²) in [5.74, 6) is -2.01. The van der Waals surface area contributed by atoms with E-state index in [2.05, 4.69) is 0 Å². The Bertz CT molecular complexity index is 400. The standard InChI is InChI=1S/C12H14F2O2/c1-7(2)6-16-12-10(8(3)15)4-9(13)5-11(12)14/h4-5,7H,6H2,1-3H3. The molecule has 0 heterocycles. The average molecular weight is 228 g/mol. The van der Waals surface area contributed by atoms with E-state index in [9.17, 15) is 13.6 Å². The average Bonchev–Trinajstić information content (AvgIpc) is 2.14. The molecule has 0 aliphatic rings. The van der Waals surface area contributed by atoms with Gasteiger partial charge < -0.3 is 4.74 Å². The highest BCUT2D eigenvalue weighted by Gasteiger charge is 2.16. The zero-order valence-electron chi connectivity index (χ0n) is 9.51. The van der Waals surface area contributed by atoms with Crippen molar-refractivity contribution in [2.24, 2.45) is 5.92 Å². The first-order chi connectivity index (χ1) is 7.41. The molecule has 1 rings (SSSR count). The number of hydrogen-bond acceptors (Lipinski definition) is 2. The minimum absolute atomic E-state index is 0.0573. The van der Waals surface area contributed by atoms with Gasteiger partial charge in [0.1, 0.15) is 5.82 Å². The first kappa shape index (κ1) is 12.6. The van der Waals surface area contributed by atoms with Gasteiger partial charge in [-0.25, -0.2) is 8.78 Å². The maximum Gasteiger partial charge on any atom is 0.168 e. The van der Waals surface area contributed by atoms with E-state index in [1.54, 1.807) is 0 Å². The number of ether oxygens (including phenoxy) is 1. The number of Topliss-reactive ketones (excluding diaryl/α,β-unsaturated/α-hetero) is 1. The van der Waals surface area contributed by atoms with Crippen LogP contribution in [-0.2, 0) is 0 Å².